The summed E-state index contributed by atoms with van der Waals surface area (Å²) in [6.07, 6.45) is 1.08. The van der Waals surface area contributed by atoms with Crippen LogP contribution in [0.1, 0.15) is 27.2 Å². The van der Waals surface area contributed by atoms with E-state index in [4.69, 9.17) is 17.0 Å². The first kappa shape index (κ1) is 19.9. The second-order valence-electron chi connectivity index (χ2n) is 6.62. The molecule has 1 fully saturated rings. The first-order chi connectivity index (χ1) is 12.1. The number of benzene rings is 1. The second kappa shape index (κ2) is 10.6. The summed E-state index contributed by atoms with van der Waals surface area (Å²) in [5, 5.41) is 7.24. The number of ether oxygens (including phenoxy) is 1. The molecule has 5 nitrogen and oxygen atoms in total. The van der Waals surface area contributed by atoms with Crippen molar-refractivity contribution in [3.63, 3.8) is 0 Å². The van der Waals surface area contributed by atoms with Crippen LogP contribution in [0, 0.1) is 0 Å². The summed E-state index contributed by atoms with van der Waals surface area (Å²) in [7, 11) is 0. The lowest BCUT2D eigenvalue weighted by molar-refractivity contribution is 0.0376. The molecule has 25 heavy (non-hydrogen) atoms. The lowest BCUT2D eigenvalue weighted by Gasteiger charge is -2.27. The molecular formula is C19H32N4OS. The van der Waals surface area contributed by atoms with Gasteiger partial charge in [-0.2, -0.15) is 0 Å². The average molecular weight is 365 g/mol. The van der Waals surface area contributed by atoms with Gasteiger partial charge in [0.15, 0.2) is 5.11 Å². The van der Waals surface area contributed by atoms with Crippen LogP contribution in [-0.2, 0) is 4.74 Å². The van der Waals surface area contributed by atoms with E-state index in [1.165, 1.54) is 5.69 Å². The number of thiocarbonyl (C=S) groups is 1. The molecule has 0 bridgehead atoms. The monoisotopic (exact) mass is 364 g/mol. The van der Waals surface area contributed by atoms with Crippen molar-refractivity contribution in [2.24, 2.45) is 0 Å². The Kier molecular flexibility index (Phi) is 8.44. The van der Waals surface area contributed by atoms with E-state index in [1.54, 1.807) is 0 Å². The van der Waals surface area contributed by atoms with Crippen LogP contribution in [-0.4, -0.2) is 62.0 Å². The van der Waals surface area contributed by atoms with Gasteiger partial charge in [0.1, 0.15) is 0 Å². The van der Waals surface area contributed by atoms with Crippen LogP contribution >= 0.6 is 12.2 Å². The number of hydrogen-bond acceptors (Lipinski definition) is 4. The lowest BCUT2D eigenvalue weighted by Crippen LogP contribution is -2.38. The van der Waals surface area contributed by atoms with E-state index in [2.05, 4.69) is 65.5 Å². The maximum Gasteiger partial charge on any atom is 0.170 e. The molecule has 2 N–H and O–H groups in total. The molecule has 1 aromatic rings. The van der Waals surface area contributed by atoms with Crippen LogP contribution < -0.4 is 15.5 Å². The van der Waals surface area contributed by atoms with Gasteiger partial charge in [0.25, 0.3) is 0 Å². The Morgan fingerprint density at radius 2 is 1.92 bits per heavy atom. The SMILES string of the molecule is CCN(c1ccc(NC(=S)NCCCN2CCOCC2)cc1)C(C)C. The van der Waals surface area contributed by atoms with Crippen LogP contribution in [0.4, 0.5) is 11.4 Å². The van der Waals surface area contributed by atoms with Gasteiger partial charge >= 0.3 is 0 Å². The third kappa shape index (κ3) is 6.80. The number of anilines is 2. The third-order valence-electron chi connectivity index (χ3n) is 4.46. The predicted molar refractivity (Wildman–Crippen MR) is 111 cm³/mol. The van der Waals surface area contributed by atoms with Gasteiger partial charge in [0, 0.05) is 43.6 Å². The van der Waals surface area contributed by atoms with Crippen molar-refractivity contribution in [3.05, 3.63) is 24.3 Å². The summed E-state index contributed by atoms with van der Waals surface area (Å²) in [6, 6.07) is 8.96. The summed E-state index contributed by atoms with van der Waals surface area (Å²) >= 11 is 5.39. The molecule has 1 heterocycles. The van der Waals surface area contributed by atoms with Gasteiger partial charge in [-0.25, -0.2) is 0 Å². The Hall–Kier alpha value is -1.37. The first-order valence-electron chi connectivity index (χ1n) is 9.31. The molecule has 0 aliphatic carbocycles. The van der Waals surface area contributed by atoms with Crippen molar-refractivity contribution in [1.82, 2.24) is 10.2 Å². The van der Waals surface area contributed by atoms with Gasteiger partial charge in [-0.05, 0) is 70.2 Å². The zero-order valence-corrected chi connectivity index (χ0v) is 16.6. The number of hydrogen-bond donors (Lipinski definition) is 2. The summed E-state index contributed by atoms with van der Waals surface area (Å²) in [6.45, 7) is 13.4. The Morgan fingerprint density at radius 1 is 1.24 bits per heavy atom. The molecule has 0 unspecified atom stereocenters. The van der Waals surface area contributed by atoms with Gasteiger partial charge < -0.3 is 20.3 Å². The number of nitrogens with zero attached hydrogens (tertiary/aromatic N) is 2. The quantitative estimate of drug-likeness (QED) is 0.546. The fourth-order valence-corrected chi connectivity index (χ4v) is 3.31. The van der Waals surface area contributed by atoms with E-state index in [1.807, 2.05) is 0 Å². The van der Waals surface area contributed by atoms with E-state index in [9.17, 15) is 0 Å². The maximum absolute atomic E-state index is 5.39. The molecular weight excluding hydrogens is 332 g/mol. The molecule has 1 aromatic carbocycles. The molecule has 6 heteroatoms. The summed E-state index contributed by atoms with van der Waals surface area (Å²) < 4.78 is 5.36. The fourth-order valence-electron chi connectivity index (χ4n) is 3.09. The van der Waals surface area contributed by atoms with Crippen molar-refractivity contribution in [3.8, 4) is 0 Å². The van der Waals surface area contributed by atoms with Gasteiger partial charge in [0.05, 0.1) is 13.2 Å². The molecule has 2 rings (SSSR count). The molecule has 0 atom stereocenters. The van der Waals surface area contributed by atoms with Crippen LogP contribution in [0.2, 0.25) is 0 Å². The van der Waals surface area contributed by atoms with E-state index in [-0.39, 0.29) is 0 Å². The maximum atomic E-state index is 5.39. The minimum absolute atomic E-state index is 0.498. The lowest BCUT2D eigenvalue weighted by atomic mass is 10.2. The molecule has 1 saturated heterocycles. The summed E-state index contributed by atoms with van der Waals surface area (Å²) in [5.41, 5.74) is 2.27. The normalized spacial score (nSPS) is 15.2. The van der Waals surface area contributed by atoms with Gasteiger partial charge in [-0.1, -0.05) is 0 Å². The fraction of sp³-hybridized carbons (Fsp3) is 0.632. The molecule has 0 radical (unpaired) electrons. The molecule has 1 aliphatic rings. The Bertz CT molecular complexity index is 515. The van der Waals surface area contributed by atoms with Gasteiger partial charge in [0.2, 0.25) is 0 Å². The largest absolute Gasteiger partial charge is 0.379 e. The molecule has 0 amide bonds. The topological polar surface area (TPSA) is 39.8 Å². The average Bonchev–Trinajstić information content (AvgIpc) is 2.61. The molecule has 0 saturated carbocycles. The Balaban J connectivity index is 1.69. The summed E-state index contributed by atoms with van der Waals surface area (Å²) in [4.78, 5) is 4.81. The minimum atomic E-state index is 0.498. The second-order valence-corrected chi connectivity index (χ2v) is 7.02. The highest BCUT2D eigenvalue weighted by Crippen LogP contribution is 2.19. The van der Waals surface area contributed by atoms with Gasteiger partial charge in [-0.3, -0.25) is 4.90 Å². The van der Waals surface area contributed by atoms with Gasteiger partial charge in [-0.15, -0.1) is 0 Å². The van der Waals surface area contributed by atoms with Crippen LogP contribution in [0.5, 0.6) is 0 Å². The highest BCUT2D eigenvalue weighted by atomic mass is 32.1. The van der Waals surface area contributed by atoms with Crippen LogP contribution in [0.3, 0.4) is 0 Å². The highest BCUT2D eigenvalue weighted by Gasteiger charge is 2.10. The molecule has 0 spiro atoms. The van der Waals surface area contributed by atoms with Crippen molar-refractivity contribution >= 4 is 28.7 Å². The zero-order valence-electron chi connectivity index (χ0n) is 15.8. The van der Waals surface area contributed by atoms with E-state index >= 15 is 0 Å². The minimum Gasteiger partial charge on any atom is -0.379 e. The standard InChI is InChI=1S/C19H32N4OS/c1-4-23(16(2)3)18-8-6-17(7-9-18)21-19(25)20-10-5-11-22-12-14-24-15-13-22/h6-9,16H,4-5,10-15H2,1-3H3,(H2,20,21,25). The number of nitrogens with one attached hydrogen (secondary N) is 2. The Morgan fingerprint density at radius 3 is 2.52 bits per heavy atom. The number of rotatable bonds is 8. The summed E-state index contributed by atoms with van der Waals surface area (Å²) in [5.74, 6) is 0. The van der Waals surface area contributed by atoms with E-state index in [0.717, 1.165) is 58.0 Å². The molecule has 0 aromatic heterocycles. The van der Waals surface area contributed by atoms with Crippen molar-refractivity contribution in [2.75, 3.05) is 56.2 Å². The smallest absolute Gasteiger partial charge is 0.170 e. The van der Waals surface area contributed by atoms with Crippen LogP contribution in [0.25, 0.3) is 0 Å². The zero-order chi connectivity index (χ0) is 18.1. The highest BCUT2D eigenvalue weighted by molar-refractivity contribution is 7.80. The first-order valence-corrected chi connectivity index (χ1v) is 9.72. The van der Waals surface area contributed by atoms with E-state index in [0.29, 0.717) is 11.2 Å². The molecule has 1 aliphatic heterocycles. The van der Waals surface area contributed by atoms with Crippen molar-refractivity contribution < 1.29 is 4.74 Å². The third-order valence-corrected chi connectivity index (χ3v) is 4.71. The van der Waals surface area contributed by atoms with Crippen LogP contribution in [0.15, 0.2) is 24.3 Å². The molecule has 140 valence electrons. The van der Waals surface area contributed by atoms with E-state index < -0.39 is 0 Å². The van der Waals surface area contributed by atoms with Crippen molar-refractivity contribution in [1.29, 1.82) is 0 Å². The Labute approximate surface area is 157 Å². The van der Waals surface area contributed by atoms with Crippen molar-refractivity contribution in [2.45, 2.75) is 33.2 Å². The number of morpholine rings is 1. The predicted octanol–water partition coefficient (Wildman–Crippen LogP) is 2.93.